The van der Waals surface area contributed by atoms with E-state index < -0.39 is 17.9 Å². The summed E-state index contributed by atoms with van der Waals surface area (Å²) in [4.78, 5) is 36.2. The number of H-pyrrole nitrogens is 1. The molecule has 0 aliphatic rings. The monoisotopic (exact) mass is 419 g/mol. The van der Waals surface area contributed by atoms with Crippen molar-refractivity contribution in [2.45, 2.75) is 19.9 Å². The number of carbonyl (C=O) groups excluding carboxylic acids is 2. The van der Waals surface area contributed by atoms with Gasteiger partial charge in [-0.15, -0.1) is 0 Å². The summed E-state index contributed by atoms with van der Waals surface area (Å²) in [7, 11) is 0. The van der Waals surface area contributed by atoms with E-state index in [9.17, 15) is 14.0 Å². The minimum atomic E-state index is -0.923. The number of primary amides is 1. The highest BCUT2D eigenvalue weighted by molar-refractivity contribution is 6.00. The topological polar surface area (TPSA) is 114 Å². The number of hydrogen-bond donors (Lipinski definition) is 3. The van der Waals surface area contributed by atoms with Gasteiger partial charge in [-0.05, 0) is 48.0 Å². The lowest BCUT2D eigenvalue weighted by Gasteiger charge is -2.15. The van der Waals surface area contributed by atoms with E-state index in [0.717, 1.165) is 5.56 Å². The van der Waals surface area contributed by atoms with Crippen molar-refractivity contribution < 1.29 is 14.0 Å². The molecule has 8 heteroatoms. The first-order valence-corrected chi connectivity index (χ1v) is 9.24. The van der Waals surface area contributed by atoms with Gasteiger partial charge >= 0.3 is 0 Å². The van der Waals surface area contributed by atoms with Gasteiger partial charge in [0.1, 0.15) is 17.7 Å². The van der Waals surface area contributed by atoms with E-state index >= 15 is 0 Å². The second-order valence-corrected chi connectivity index (χ2v) is 6.81. The summed E-state index contributed by atoms with van der Waals surface area (Å²) in [5.74, 6) is -0.827. The van der Waals surface area contributed by atoms with Crippen molar-refractivity contribution in [3.8, 4) is 11.4 Å². The number of fused-ring (bicyclic) bond motifs is 1. The zero-order valence-corrected chi connectivity index (χ0v) is 15.8. The van der Waals surface area contributed by atoms with Gasteiger partial charge in [0, 0.05) is 29.9 Å². The fourth-order valence-electron chi connectivity index (χ4n) is 3.12. The van der Waals surface area contributed by atoms with Crippen LogP contribution in [0.4, 0.5) is 4.39 Å². The molecule has 1 atom stereocenters. The molecule has 0 unspecified atom stereocenters. The smallest absolute Gasteiger partial charge is 0.252 e. The van der Waals surface area contributed by atoms with Gasteiger partial charge in [-0.3, -0.25) is 14.6 Å². The van der Waals surface area contributed by atoms with Gasteiger partial charge in [0.05, 0.1) is 11.0 Å². The Morgan fingerprint density at radius 3 is 2.45 bits per heavy atom. The Labute approximate surface area is 178 Å². The molecule has 4 rings (SSSR count). The molecule has 2 heterocycles. The number of hydrogen-bond acceptors (Lipinski definition) is 4. The molecule has 31 heavy (non-hydrogen) atoms. The molecule has 0 saturated carbocycles. The second-order valence-electron chi connectivity index (χ2n) is 6.81. The Morgan fingerprint density at radius 1 is 1.06 bits per heavy atom. The number of aromatic nitrogens is 3. The Bertz CT molecular complexity index is 1210. The highest BCUT2D eigenvalue weighted by atomic mass is 19.1. The fourth-order valence-corrected chi connectivity index (χ4v) is 3.12. The predicted molar refractivity (Wildman–Crippen MR) is 117 cm³/mol. The zero-order chi connectivity index (χ0) is 21.1. The van der Waals surface area contributed by atoms with E-state index in [0.29, 0.717) is 28.0 Å². The summed E-state index contributed by atoms with van der Waals surface area (Å²) in [5.41, 5.74) is 8.76. The lowest BCUT2D eigenvalue weighted by atomic mass is 10.0. The molecule has 4 N–H and O–H groups in total. The van der Waals surface area contributed by atoms with Gasteiger partial charge in [0.15, 0.2) is 0 Å². The third-order valence-corrected chi connectivity index (χ3v) is 4.70. The highest BCUT2D eigenvalue weighted by Crippen LogP contribution is 2.21. The van der Waals surface area contributed by atoms with Crippen LogP contribution in [0.1, 0.15) is 23.3 Å². The van der Waals surface area contributed by atoms with E-state index in [1.165, 1.54) is 12.1 Å². The van der Waals surface area contributed by atoms with Crippen LogP contribution in [0.2, 0.25) is 0 Å². The van der Waals surface area contributed by atoms with Crippen molar-refractivity contribution in [1.29, 1.82) is 0 Å². The lowest BCUT2D eigenvalue weighted by Crippen LogP contribution is -2.45. The number of nitrogens with two attached hydrogens (primary N) is 1. The van der Waals surface area contributed by atoms with Crippen LogP contribution in [-0.4, -0.2) is 32.8 Å². The molecule has 0 bridgehead atoms. The predicted octanol–water partition coefficient (Wildman–Crippen LogP) is 3.23. The SMILES string of the molecule is C.NC(=O)[C@@H](Cc1ccc(F)cc1)NC(=O)c1ccc2nc(-c3ccncc3)[nH]c2c1. The van der Waals surface area contributed by atoms with E-state index in [1.54, 1.807) is 42.7 Å². The first kappa shape index (κ1) is 21.6. The van der Waals surface area contributed by atoms with Crippen molar-refractivity contribution in [2.75, 3.05) is 0 Å². The summed E-state index contributed by atoms with van der Waals surface area (Å²) in [6.45, 7) is 0. The number of nitrogens with one attached hydrogen (secondary N) is 2. The number of pyridine rings is 1. The maximum absolute atomic E-state index is 13.1. The number of rotatable bonds is 6. The molecule has 2 aromatic carbocycles. The summed E-state index contributed by atoms with van der Waals surface area (Å²) in [6, 6.07) is 13.4. The Kier molecular flexibility index (Phi) is 6.40. The third kappa shape index (κ3) is 4.92. The average Bonchev–Trinajstić information content (AvgIpc) is 3.18. The number of carbonyl (C=O) groups is 2. The number of halogens is 1. The van der Waals surface area contributed by atoms with Gasteiger partial charge in [0.25, 0.3) is 5.91 Å². The average molecular weight is 419 g/mol. The number of aromatic amines is 1. The normalized spacial score (nSPS) is 11.5. The van der Waals surface area contributed by atoms with E-state index in [-0.39, 0.29) is 19.7 Å². The van der Waals surface area contributed by atoms with Crippen LogP contribution in [0.15, 0.2) is 67.0 Å². The number of benzene rings is 2. The van der Waals surface area contributed by atoms with Gasteiger partial charge < -0.3 is 16.0 Å². The van der Waals surface area contributed by atoms with Crippen molar-refractivity contribution >= 4 is 22.8 Å². The minimum Gasteiger partial charge on any atom is -0.368 e. The number of imidazole rings is 1. The Hall–Kier alpha value is -4.07. The molecule has 7 nitrogen and oxygen atoms in total. The summed E-state index contributed by atoms with van der Waals surface area (Å²) in [6.07, 6.45) is 3.51. The van der Waals surface area contributed by atoms with Crippen LogP contribution in [0.25, 0.3) is 22.4 Å². The minimum absolute atomic E-state index is 0. The molecule has 0 radical (unpaired) electrons. The second kappa shape index (κ2) is 9.17. The first-order chi connectivity index (χ1) is 14.5. The first-order valence-electron chi connectivity index (χ1n) is 9.24. The Balaban J connectivity index is 0.00000272. The van der Waals surface area contributed by atoms with Crippen LogP contribution < -0.4 is 11.1 Å². The largest absolute Gasteiger partial charge is 0.368 e. The summed E-state index contributed by atoms with van der Waals surface area (Å²) >= 11 is 0. The molecular weight excluding hydrogens is 397 g/mol. The summed E-state index contributed by atoms with van der Waals surface area (Å²) < 4.78 is 13.1. The van der Waals surface area contributed by atoms with Crippen molar-refractivity contribution in [2.24, 2.45) is 5.73 Å². The molecule has 0 fully saturated rings. The number of amides is 2. The highest BCUT2D eigenvalue weighted by Gasteiger charge is 2.20. The van der Waals surface area contributed by atoms with Gasteiger partial charge in [0.2, 0.25) is 5.91 Å². The molecule has 0 spiro atoms. The number of nitrogens with zero attached hydrogens (tertiary/aromatic N) is 2. The van der Waals surface area contributed by atoms with Gasteiger partial charge in [-0.25, -0.2) is 9.37 Å². The standard InChI is InChI=1S/C22H18FN5O2.CH4/c23-16-4-1-13(2-5-16)11-19(20(24)29)28-22(30)15-3-6-17-18(12-15)27-21(26-17)14-7-9-25-10-8-14;/h1-10,12,19H,11H2,(H2,24,29)(H,26,27)(H,28,30);1H4/t19-;/m1./s1. The van der Waals surface area contributed by atoms with Crippen molar-refractivity contribution in [3.05, 3.63) is 83.9 Å². The van der Waals surface area contributed by atoms with Crippen LogP contribution >= 0.6 is 0 Å². The van der Waals surface area contributed by atoms with E-state index in [1.807, 2.05) is 12.1 Å². The third-order valence-electron chi connectivity index (χ3n) is 4.70. The van der Waals surface area contributed by atoms with Crippen molar-refractivity contribution in [3.63, 3.8) is 0 Å². The van der Waals surface area contributed by atoms with E-state index in [2.05, 4.69) is 20.3 Å². The molecule has 2 aromatic heterocycles. The fraction of sp³-hybridized carbons (Fsp3) is 0.130. The van der Waals surface area contributed by atoms with Crippen LogP contribution in [0.5, 0.6) is 0 Å². The van der Waals surface area contributed by atoms with Crippen LogP contribution in [-0.2, 0) is 11.2 Å². The molecule has 2 amide bonds. The molecule has 4 aromatic rings. The van der Waals surface area contributed by atoms with Crippen molar-refractivity contribution in [1.82, 2.24) is 20.3 Å². The van der Waals surface area contributed by atoms with E-state index in [4.69, 9.17) is 5.73 Å². The maximum atomic E-state index is 13.1. The van der Waals surface area contributed by atoms with Gasteiger partial charge in [-0.1, -0.05) is 19.6 Å². The molecule has 0 saturated heterocycles. The Morgan fingerprint density at radius 2 is 1.77 bits per heavy atom. The molecule has 0 aliphatic carbocycles. The quantitative estimate of drug-likeness (QED) is 0.445. The summed E-state index contributed by atoms with van der Waals surface area (Å²) in [5, 5.41) is 2.65. The maximum Gasteiger partial charge on any atom is 0.252 e. The van der Waals surface area contributed by atoms with Crippen LogP contribution in [0, 0.1) is 5.82 Å². The lowest BCUT2D eigenvalue weighted by molar-refractivity contribution is -0.119. The van der Waals surface area contributed by atoms with Crippen LogP contribution in [0.3, 0.4) is 0 Å². The van der Waals surface area contributed by atoms with Gasteiger partial charge in [-0.2, -0.15) is 0 Å². The zero-order valence-electron chi connectivity index (χ0n) is 15.8. The molecular formula is C23H22FN5O2. The molecule has 0 aliphatic heterocycles. The molecule has 158 valence electrons.